The smallest absolute Gasteiger partial charge is 0.308 e. The van der Waals surface area contributed by atoms with Crippen LogP contribution in [0, 0.1) is 0 Å². The van der Waals surface area contributed by atoms with E-state index in [0.29, 0.717) is 17.9 Å². The molecule has 2 heterocycles. The molecule has 26 heavy (non-hydrogen) atoms. The Balaban J connectivity index is 1.97. The summed E-state index contributed by atoms with van der Waals surface area (Å²) in [5.74, 6) is -0.0702. The summed E-state index contributed by atoms with van der Waals surface area (Å²) < 4.78 is 7.40. The highest BCUT2D eigenvalue weighted by molar-refractivity contribution is 5.81. The summed E-state index contributed by atoms with van der Waals surface area (Å²) in [7, 11) is 0. The van der Waals surface area contributed by atoms with Crippen molar-refractivity contribution in [3.63, 3.8) is 0 Å². The Morgan fingerprint density at radius 2 is 1.73 bits per heavy atom. The topological polar surface area (TPSA) is 61.2 Å². The molecule has 0 aliphatic carbocycles. The van der Waals surface area contributed by atoms with Gasteiger partial charge in [0.05, 0.1) is 11.4 Å². The van der Waals surface area contributed by atoms with Gasteiger partial charge in [0.1, 0.15) is 11.5 Å². The highest BCUT2D eigenvalue weighted by Crippen LogP contribution is 2.47. The Morgan fingerprint density at radius 3 is 2.42 bits per heavy atom. The maximum atomic E-state index is 11.9. The fraction of sp³-hybridized carbons (Fsp3) is 0.190. The zero-order chi connectivity index (χ0) is 18.3. The number of esters is 1. The molecule has 130 valence electrons. The van der Waals surface area contributed by atoms with Crippen LogP contribution in [0.15, 0.2) is 54.6 Å². The summed E-state index contributed by atoms with van der Waals surface area (Å²) >= 11 is 0. The van der Waals surface area contributed by atoms with Crippen molar-refractivity contribution in [1.82, 2.24) is 9.78 Å². The number of hydrogen-bond donors (Lipinski definition) is 0. The Kier molecular flexibility index (Phi) is 3.92. The van der Waals surface area contributed by atoms with Crippen LogP contribution in [0.4, 0.5) is 0 Å². The molecular weight excluding hydrogens is 328 g/mol. The standard InChI is InChI=1S/C21H18N2O3/c1-13(24)12-17-16-10-6-7-11-18(16)23-20(17)21(26-14(2)25)19(22-23)15-8-4-3-5-9-15/h3-11,17H,12H2,1-2H3. The van der Waals surface area contributed by atoms with Gasteiger partial charge in [0.25, 0.3) is 0 Å². The Bertz CT molecular complexity index is 1010. The lowest BCUT2D eigenvalue weighted by atomic mass is 9.92. The van der Waals surface area contributed by atoms with Gasteiger partial charge in [-0.15, -0.1) is 0 Å². The van der Waals surface area contributed by atoms with Gasteiger partial charge >= 0.3 is 5.97 Å². The van der Waals surface area contributed by atoms with Crippen LogP contribution < -0.4 is 4.74 Å². The molecule has 0 radical (unpaired) electrons. The zero-order valence-corrected chi connectivity index (χ0v) is 14.6. The second-order valence-electron chi connectivity index (χ2n) is 6.45. The molecule has 3 aromatic rings. The number of carbonyl (C=O) groups excluding carboxylic acids is 2. The quantitative estimate of drug-likeness (QED) is 0.673. The first-order valence-corrected chi connectivity index (χ1v) is 8.51. The van der Waals surface area contributed by atoms with E-state index < -0.39 is 5.97 Å². The van der Waals surface area contributed by atoms with Crippen LogP contribution in [-0.2, 0) is 9.59 Å². The average molecular weight is 346 g/mol. The van der Waals surface area contributed by atoms with Crippen molar-refractivity contribution in [2.24, 2.45) is 0 Å². The SMILES string of the molecule is CC(=O)CC1c2ccccc2-n2nc(-c3ccccc3)c(OC(C)=O)c21. The summed E-state index contributed by atoms with van der Waals surface area (Å²) in [6.07, 6.45) is 0.338. The van der Waals surface area contributed by atoms with Crippen molar-refractivity contribution in [3.8, 4) is 22.7 Å². The molecule has 0 amide bonds. The summed E-state index contributed by atoms with van der Waals surface area (Å²) in [6.45, 7) is 2.95. The molecule has 1 atom stereocenters. The number of aromatic nitrogens is 2. The van der Waals surface area contributed by atoms with E-state index in [4.69, 9.17) is 9.84 Å². The van der Waals surface area contributed by atoms with Crippen LogP contribution in [0.25, 0.3) is 16.9 Å². The number of hydrogen-bond acceptors (Lipinski definition) is 4. The first-order chi connectivity index (χ1) is 12.6. The monoisotopic (exact) mass is 346 g/mol. The third-order valence-electron chi connectivity index (χ3n) is 4.53. The highest BCUT2D eigenvalue weighted by Gasteiger charge is 2.37. The van der Waals surface area contributed by atoms with Crippen LogP contribution in [0.3, 0.4) is 0 Å². The molecule has 0 saturated heterocycles. The summed E-state index contributed by atoms with van der Waals surface area (Å²) in [4.78, 5) is 23.7. The molecule has 0 bridgehead atoms. The van der Waals surface area contributed by atoms with Crippen LogP contribution in [0.1, 0.15) is 37.4 Å². The van der Waals surface area contributed by atoms with Gasteiger partial charge in [-0.05, 0) is 18.6 Å². The van der Waals surface area contributed by atoms with Gasteiger partial charge in [-0.1, -0.05) is 48.5 Å². The number of benzene rings is 2. The number of fused-ring (bicyclic) bond motifs is 3. The number of carbonyl (C=O) groups is 2. The highest BCUT2D eigenvalue weighted by atomic mass is 16.5. The maximum Gasteiger partial charge on any atom is 0.308 e. The van der Waals surface area contributed by atoms with E-state index >= 15 is 0 Å². The van der Waals surface area contributed by atoms with E-state index in [0.717, 1.165) is 22.5 Å². The molecule has 1 aliphatic heterocycles. The summed E-state index contributed by atoms with van der Waals surface area (Å²) in [5, 5.41) is 4.74. The molecule has 1 unspecified atom stereocenters. The lowest BCUT2D eigenvalue weighted by Gasteiger charge is -2.12. The van der Waals surface area contributed by atoms with Gasteiger partial charge in [0.2, 0.25) is 0 Å². The Hall–Kier alpha value is -3.21. The minimum atomic E-state index is -0.407. The van der Waals surface area contributed by atoms with E-state index in [9.17, 15) is 9.59 Å². The number of nitrogens with zero attached hydrogens (tertiary/aromatic N) is 2. The van der Waals surface area contributed by atoms with Crippen molar-refractivity contribution >= 4 is 11.8 Å². The molecule has 4 rings (SSSR count). The fourth-order valence-electron chi connectivity index (χ4n) is 3.55. The molecular formula is C21H18N2O3. The molecule has 0 fully saturated rings. The van der Waals surface area contributed by atoms with Gasteiger partial charge in [-0.3, -0.25) is 9.59 Å². The third-order valence-corrected chi connectivity index (χ3v) is 4.53. The number of ether oxygens (including phenoxy) is 1. The maximum absolute atomic E-state index is 11.9. The van der Waals surface area contributed by atoms with Gasteiger partial charge < -0.3 is 4.74 Å². The fourth-order valence-corrected chi connectivity index (χ4v) is 3.55. The lowest BCUT2D eigenvalue weighted by Crippen LogP contribution is -2.08. The van der Waals surface area contributed by atoms with E-state index in [-0.39, 0.29) is 11.7 Å². The van der Waals surface area contributed by atoms with Crippen molar-refractivity contribution in [1.29, 1.82) is 0 Å². The van der Waals surface area contributed by atoms with Crippen molar-refractivity contribution < 1.29 is 14.3 Å². The second kappa shape index (κ2) is 6.26. The van der Waals surface area contributed by atoms with Gasteiger partial charge in [-0.2, -0.15) is 5.10 Å². The Morgan fingerprint density at radius 1 is 1.04 bits per heavy atom. The normalized spacial score (nSPS) is 14.6. The van der Waals surface area contributed by atoms with Crippen LogP contribution >= 0.6 is 0 Å². The van der Waals surface area contributed by atoms with E-state index in [1.54, 1.807) is 6.92 Å². The van der Waals surface area contributed by atoms with Gasteiger partial charge in [0, 0.05) is 24.8 Å². The average Bonchev–Trinajstić information content (AvgIpc) is 3.12. The first kappa shape index (κ1) is 16.3. The van der Waals surface area contributed by atoms with Gasteiger partial charge in [0.15, 0.2) is 5.75 Å². The summed E-state index contributed by atoms with van der Waals surface area (Å²) in [5.41, 5.74) is 4.18. The molecule has 1 aliphatic rings. The largest absolute Gasteiger partial charge is 0.422 e. The van der Waals surface area contributed by atoms with E-state index in [1.165, 1.54) is 6.92 Å². The molecule has 5 heteroatoms. The predicted molar refractivity (Wildman–Crippen MR) is 97.5 cm³/mol. The van der Waals surface area contributed by atoms with E-state index in [1.807, 2.05) is 59.3 Å². The number of Topliss-reactive ketones (excluding diaryl/α,β-unsaturated/α-hetero) is 1. The minimum Gasteiger partial charge on any atom is -0.422 e. The van der Waals surface area contributed by atoms with Crippen molar-refractivity contribution in [2.75, 3.05) is 0 Å². The molecule has 0 spiro atoms. The molecule has 1 aromatic heterocycles. The first-order valence-electron chi connectivity index (χ1n) is 8.51. The number of ketones is 1. The zero-order valence-electron chi connectivity index (χ0n) is 14.6. The number of rotatable bonds is 4. The third kappa shape index (κ3) is 2.62. The van der Waals surface area contributed by atoms with E-state index in [2.05, 4.69) is 0 Å². The van der Waals surface area contributed by atoms with Crippen LogP contribution in [-0.4, -0.2) is 21.5 Å². The molecule has 0 saturated carbocycles. The summed E-state index contributed by atoms with van der Waals surface area (Å²) in [6, 6.07) is 17.5. The predicted octanol–water partition coefficient (Wildman–Crippen LogP) is 3.89. The van der Waals surface area contributed by atoms with Crippen LogP contribution in [0.2, 0.25) is 0 Å². The minimum absolute atomic E-state index is 0.0782. The lowest BCUT2D eigenvalue weighted by molar-refractivity contribution is -0.131. The van der Waals surface area contributed by atoms with Crippen molar-refractivity contribution in [3.05, 3.63) is 65.9 Å². The Labute approximate surface area is 151 Å². The second-order valence-corrected chi connectivity index (χ2v) is 6.45. The van der Waals surface area contributed by atoms with Crippen LogP contribution in [0.5, 0.6) is 5.75 Å². The molecule has 5 nitrogen and oxygen atoms in total. The number of para-hydroxylation sites is 1. The molecule has 2 aromatic carbocycles. The van der Waals surface area contributed by atoms with Crippen molar-refractivity contribution in [2.45, 2.75) is 26.2 Å². The van der Waals surface area contributed by atoms with Gasteiger partial charge in [-0.25, -0.2) is 4.68 Å². The molecule has 0 N–H and O–H groups in total.